The van der Waals surface area contributed by atoms with Gasteiger partial charge >= 0.3 is 0 Å². The van der Waals surface area contributed by atoms with Gasteiger partial charge in [0, 0.05) is 0 Å². The first-order chi connectivity index (χ1) is 9.81. The van der Waals surface area contributed by atoms with Crippen LogP contribution in [-0.2, 0) is 0 Å². The predicted molar refractivity (Wildman–Crippen MR) is 92.0 cm³/mol. The van der Waals surface area contributed by atoms with E-state index >= 15 is 0 Å². The van der Waals surface area contributed by atoms with E-state index in [4.69, 9.17) is 5.73 Å². The third-order valence-electron chi connectivity index (χ3n) is 4.06. The van der Waals surface area contributed by atoms with Crippen LogP contribution >= 0.6 is 0 Å². The summed E-state index contributed by atoms with van der Waals surface area (Å²) in [4.78, 5) is 0. The molecule has 0 heterocycles. The van der Waals surface area contributed by atoms with Crippen molar-refractivity contribution >= 4 is 0 Å². The lowest BCUT2D eigenvalue weighted by molar-refractivity contribution is 0.452. The van der Waals surface area contributed by atoms with Crippen LogP contribution in [0.1, 0.15) is 104 Å². The summed E-state index contributed by atoms with van der Waals surface area (Å²) in [5, 5.41) is 3.44. The highest BCUT2D eigenvalue weighted by atomic mass is 15.0. The number of rotatable bonds is 16. The normalized spacial score (nSPS) is 12.8. The van der Waals surface area contributed by atoms with Crippen LogP contribution in [0.2, 0.25) is 0 Å². The van der Waals surface area contributed by atoms with Gasteiger partial charge in [-0.25, -0.2) is 0 Å². The van der Waals surface area contributed by atoms with Gasteiger partial charge in [0.2, 0.25) is 0 Å². The van der Waals surface area contributed by atoms with Gasteiger partial charge in [0.15, 0.2) is 0 Å². The molecular weight excluding hydrogens is 244 g/mol. The number of unbranched alkanes of at least 4 members (excludes halogenated alkanes) is 11. The van der Waals surface area contributed by atoms with E-state index in [9.17, 15) is 0 Å². The molecule has 0 amide bonds. The van der Waals surface area contributed by atoms with E-state index in [1.165, 1.54) is 83.5 Å². The van der Waals surface area contributed by atoms with E-state index < -0.39 is 0 Å². The molecule has 3 N–H and O–H groups in total. The fourth-order valence-electron chi connectivity index (χ4n) is 2.62. The van der Waals surface area contributed by atoms with Crippen LogP contribution in [0.25, 0.3) is 0 Å². The topological polar surface area (TPSA) is 38.0 Å². The van der Waals surface area contributed by atoms with Crippen LogP contribution in [-0.4, -0.2) is 12.7 Å². The van der Waals surface area contributed by atoms with Crippen LogP contribution in [0.5, 0.6) is 0 Å². The van der Waals surface area contributed by atoms with Gasteiger partial charge in [0.25, 0.3) is 0 Å². The Balaban J connectivity index is 3.09. The second kappa shape index (κ2) is 17.0. The highest BCUT2D eigenvalue weighted by molar-refractivity contribution is 4.59. The van der Waals surface area contributed by atoms with Gasteiger partial charge in [-0.3, -0.25) is 0 Å². The molecule has 0 aliphatic carbocycles. The molecule has 0 bridgehead atoms. The van der Waals surface area contributed by atoms with Crippen LogP contribution in [0.4, 0.5) is 0 Å². The van der Waals surface area contributed by atoms with E-state index in [2.05, 4.69) is 19.2 Å². The second-order valence-corrected chi connectivity index (χ2v) is 6.24. The van der Waals surface area contributed by atoms with Gasteiger partial charge < -0.3 is 11.1 Å². The summed E-state index contributed by atoms with van der Waals surface area (Å²) < 4.78 is 0. The van der Waals surface area contributed by atoms with Crippen molar-refractivity contribution in [3.05, 3.63) is 0 Å². The lowest BCUT2D eigenvalue weighted by atomic mass is 10.1. The predicted octanol–water partition coefficient (Wildman–Crippen LogP) is 5.36. The summed E-state index contributed by atoms with van der Waals surface area (Å²) in [5.74, 6) is 0. The maximum absolute atomic E-state index is 6.07. The third-order valence-corrected chi connectivity index (χ3v) is 4.06. The average molecular weight is 285 g/mol. The van der Waals surface area contributed by atoms with Crippen LogP contribution in [0.15, 0.2) is 0 Å². The minimum absolute atomic E-state index is 0.223. The van der Waals surface area contributed by atoms with Crippen molar-refractivity contribution in [1.82, 2.24) is 5.32 Å². The van der Waals surface area contributed by atoms with Crippen molar-refractivity contribution in [2.75, 3.05) is 6.54 Å². The molecule has 0 radical (unpaired) electrons. The van der Waals surface area contributed by atoms with Gasteiger partial charge in [-0.15, -0.1) is 0 Å². The SMILES string of the molecule is CCCCCCCCCCCC(N)NCCCCCC. The Bertz CT molecular complexity index is 171. The first-order valence-electron chi connectivity index (χ1n) is 9.30. The zero-order valence-electron chi connectivity index (χ0n) is 14.3. The largest absolute Gasteiger partial charge is 0.316 e. The molecule has 0 saturated heterocycles. The molecular formula is C18H40N2. The zero-order chi connectivity index (χ0) is 14.9. The molecule has 1 unspecified atom stereocenters. The summed E-state index contributed by atoms with van der Waals surface area (Å²) in [6.07, 6.45) is 19.2. The van der Waals surface area contributed by atoms with E-state index in [1.807, 2.05) is 0 Å². The van der Waals surface area contributed by atoms with Gasteiger partial charge in [0.05, 0.1) is 6.17 Å². The highest BCUT2D eigenvalue weighted by Crippen LogP contribution is 2.10. The Morgan fingerprint density at radius 2 is 1.10 bits per heavy atom. The maximum Gasteiger partial charge on any atom is 0.0546 e. The fraction of sp³-hybridized carbons (Fsp3) is 1.00. The minimum Gasteiger partial charge on any atom is -0.316 e. The summed E-state index contributed by atoms with van der Waals surface area (Å²) in [5.41, 5.74) is 6.07. The molecule has 20 heavy (non-hydrogen) atoms. The van der Waals surface area contributed by atoms with Crippen molar-refractivity contribution in [1.29, 1.82) is 0 Å². The first-order valence-corrected chi connectivity index (χ1v) is 9.30. The fourth-order valence-corrected chi connectivity index (χ4v) is 2.62. The Morgan fingerprint density at radius 1 is 0.650 bits per heavy atom. The van der Waals surface area contributed by atoms with Gasteiger partial charge in [-0.05, 0) is 19.4 Å². The molecule has 0 aliphatic rings. The summed E-state index contributed by atoms with van der Waals surface area (Å²) in [7, 11) is 0. The summed E-state index contributed by atoms with van der Waals surface area (Å²) in [6, 6.07) is 0. The van der Waals surface area contributed by atoms with Crippen LogP contribution < -0.4 is 11.1 Å². The van der Waals surface area contributed by atoms with E-state index in [0.29, 0.717) is 0 Å². The zero-order valence-corrected chi connectivity index (χ0v) is 14.3. The summed E-state index contributed by atoms with van der Waals surface area (Å²) in [6.45, 7) is 5.63. The van der Waals surface area contributed by atoms with Crippen LogP contribution in [0.3, 0.4) is 0 Å². The molecule has 0 aliphatic heterocycles. The quantitative estimate of drug-likeness (QED) is 0.296. The van der Waals surface area contributed by atoms with E-state index in [-0.39, 0.29) is 6.17 Å². The Morgan fingerprint density at radius 3 is 1.65 bits per heavy atom. The van der Waals surface area contributed by atoms with E-state index in [0.717, 1.165) is 13.0 Å². The Kier molecular flexibility index (Phi) is 16.9. The number of nitrogens with one attached hydrogen (secondary N) is 1. The van der Waals surface area contributed by atoms with Crippen LogP contribution in [0, 0.1) is 0 Å². The smallest absolute Gasteiger partial charge is 0.0546 e. The monoisotopic (exact) mass is 284 g/mol. The van der Waals surface area contributed by atoms with Crippen molar-refractivity contribution in [3.63, 3.8) is 0 Å². The van der Waals surface area contributed by atoms with Gasteiger partial charge in [-0.1, -0.05) is 90.9 Å². The molecule has 0 rings (SSSR count). The molecule has 2 nitrogen and oxygen atoms in total. The minimum atomic E-state index is 0.223. The molecule has 0 spiro atoms. The van der Waals surface area contributed by atoms with Crippen molar-refractivity contribution in [2.45, 2.75) is 110 Å². The molecule has 0 fully saturated rings. The average Bonchev–Trinajstić information content (AvgIpc) is 2.45. The molecule has 0 aromatic heterocycles. The van der Waals surface area contributed by atoms with Crippen molar-refractivity contribution in [2.24, 2.45) is 5.73 Å². The molecule has 2 heteroatoms. The van der Waals surface area contributed by atoms with Gasteiger partial charge in [-0.2, -0.15) is 0 Å². The molecule has 122 valence electrons. The lowest BCUT2D eigenvalue weighted by Crippen LogP contribution is -2.37. The Hall–Kier alpha value is -0.0800. The number of nitrogens with two attached hydrogens (primary N) is 1. The number of hydrogen-bond acceptors (Lipinski definition) is 2. The highest BCUT2D eigenvalue weighted by Gasteiger charge is 2.00. The first kappa shape index (κ1) is 19.9. The van der Waals surface area contributed by atoms with Crippen molar-refractivity contribution < 1.29 is 0 Å². The molecule has 0 aromatic rings. The second-order valence-electron chi connectivity index (χ2n) is 6.24. The Labute approximate surface area is 128 Å². The maximum atomic E-state index is 6.07. The lowest BCUT2D eigenvalue weighted by Gasteiger charge is -2.13. The molecule has 0 aromatic carbocycles. The standard InChI is InChI=1S/C18H40N2/c1-3-5-7-9-10-11-12-13-14-16-18(19)20-17-15-8-6-4-2/h18,20H,3-17,19H2,1-2H3. The number of hydrogen-bond donors (Lipinski definition) is 2. The van der Waals surface area contributed by atoms with E-state index in [1.54, 1.807) is 0 Å². The summed E-state index contributed by atoms with van der Waals surface area (Å²) >= 11 is 0. The van der Waals surface area contributed by atoms with Gasteiger partial charge in [0.1, 0.15) is 0 Å². The van der Waals surface area contributed by atoms with Crippen molar-refractivity contribution in [3.8, 4) is 0 Å². The molecule has 1 atom stereocenters. The molecule has 0 saturated carbocycles. The third kappa shape index (κ3) is 16.0.